The van der Waals surface area contributed by atoms with Crippen molar-refractivity contribution >= 4 is 23.5 Å². The maximum Gasteiger partial charge on any atom is 0.231 e. The van der Waals surface area contributed by atoms with Gasteiger partial charge >= 0.3 is 0 Å². The fraction of sp³-hybridized carbons (Fsp3) is 0.769. The van der Waals surface area contributed by atoms with Gasteiger partial charge < -0.3 is 4.52 Å². The van der Waals surface area contributed by atoms with Crippen molar-refractivity contribution in [3.8, 4) is 6.07 Å². The van der Waals surface area contributed by atoms with Gasteiger partial charge in [-0.25, -0.2) is 0 Å². The Hall–Kier alpha value is -0.670. The lowest BCUT2D eigenvalue weighted by molar-refractivity contribution is 0.362. The Balaban J connectivity index is 1.79. The quantitative estimate of drug-likeness (QED) is 0.834. The summed E-state index contributed by atoms with van der Waals surface area (Å²) < 4.78 is 5.42. The van der Waals surface area contributed by atoms with Crippen LogP contribution in [0.2, 0.25) is 0 Å². The predicted octanol–water partition coefficient (Wildman–Crippen LogP) is 3.24. The lowest BCUT2D eigenvalue weighted by atomic mass is 10.1. The van der Waals surface area contributed by atoms with Crippen molar-refractivity contribution in [1.29, 1.82) is 5.26 Å². The van der Waals surface area contributed by atoms with Gasteiger partial charge in [0.15, 0.2) is 5.82 Å². The molecule has 0 amide bonds. The largest absolute Gasteiger partial charge is 0.339 e. The van der Waals surface area contributed by atoms with Gasteiger partial charge in [0.1, 0.15) is 0 Å². The molecule has 3 rings (SSSR count). The first kappa shape index (κ1) is 13.3. The smallest absolute Gasteiger partial charge is 0.231 e. The molecule has 2 fully saturated rings. The molecule has 102 valence electrons. The highest BCUT2D eigenvalue weighted by atomic mass is 32.2. The maximum absolute atomic E-state index is 9.12. The fourth-order valence-electron chi connectivity index (χ4n) is 2.75. The van der Waals surface area contributed by atoms with Crippen molar-refractivity contribution in [2.75, 3.05) is 11.5 Å². The highest BCUT2D eigenvalue weighted by Gasteiger charge is 2.62. The van der Waals surface area contributed by atoms with Crippen molar-refractivity contribution in [3.05, 3.63) is 11.7 Å². The zero-order valence-electron chi connectivity index (χ0n) is 11.3. The zero-order chi connectivity index (χ0) is 13.6. The molecule has 1 aliphatic carbocycles. The molecule has 0 N–H and O–H groups in total. The Kier molecular flexibility index (Phi) is 3.30. The van der Waals surface area contributed by atoms with E-state index in [0.29, 0.717) is 16.4 Å². The Morgan fingerprint density at radius 1 is 1.37 bits per heavy atom. The molecule has 4 nitrogen and oxygen atoms in total. The third-order valence-corrected chi connectivity index (χ3v) is 7.22. The monoisotopic (exact) mass is 295 g/mol. The van der Waals surface area contributed by atoms with E-state index in [-0.39, 0.29) is 17.3 Å². The first-order valence-corrected chi connectivity index (χ1v) is 8.61. The summed E-state index contributed by atoms with van der Waals surface area (Å²) in [4.78, 5) is 4.58. The van der Waals surface area contributed by atoms with Crippen molar-refractivity contribution in [2.24, 2.45) is 11.3 Å². The van der Waals surface area contributed by atoms with E-state index in [1.165, 1.54) is 5.75 Å². The Labute approximate surface area is 121 Å². The van der Waals surface area contributed by atoms with Crippen LogP contribution in [0.3, 0.4) is 0 Å². The van der Waals surface area contributed by atoms with Gasteiger partial charge in [-0.2, -0.15) is 22.0 Å². The zero-order valence-corrected chi connectivity index (χ0v) is 12.9. The molecule has 2 aliphatic rings. The van der Waals surface area contributed by atoms with Gasteiger partial charge in [0.05, 0.1) is 23.2 Å². The number of nitriles is 1. The van der Waals surface area contributed by atoms with Gasteiger partial charge in [-0.3, -0.25) is 0 Å². The first-order chi connectivity index (χ1) is 9.05. The maximum atomic E-state index is 9.12. The molecule has 4 atom stereocenters. The molecule has 4 unspecified atom stereocenters. The minimum atomic E-state index is -0.0291. The molecule has 1 saturated carbocycles. The van der Waals surface area contributed by atoms with Crippen LogP contribution in [-0.2, 0) is 0 Å². The Morgan fingerprint density at radius 3 is 2.74 bits per heavy atom. The number of nitrogens with zero attached hydrogens (tertiary/aromatic N) is 3. The first-order valence-electron chi connectivity index (χ1n) is 6.52. The minimum absolute atomic E-state index is 0.00612. The van der Waals surface area contributed by atoms with E-state index in [9.17, 15) is 0 Å². The van der Waals surface area contributed by atoms with Crippen LogP contribution in [0.15, 0.2) is 4.52 Å². The van der Waals surface area contributed by atoms with Gasteiger partial charge in [-0.15, -0.1) is 11.8 Å². The van der Waals surface area contributed by atoms with Crippen LogP contribution in [0, 0.1) is 22.7 Å². The van der Waals surface area contributed by atoms with Gasteiger partial charge in [0.25, 0.3) is 0 Å². The lowest BCUT2D eigenvalue weighted by Crippen LogP contribution is -2.16. The van der Waals surface area contributed by atoms with E-state index < -0.39 is 0 Å². The number of hydrogen-bond donors (Lipinski definition) is 0. The molecule has 2 heterocycles. The summed E-state index contributed by atoms with van der Waals surface area (Å²) in [6.07, 6.45) is 0. The van der Waals surface area contributed by atoms with E-state index >= 15 is 0 Å². The molecule has 1 aromatic rings. The molecule has 19 heavy (non-hydrogen) atoms. The summed E-state index contributed by atoms with van der Waals surface area (Å²) in [7, 11) is 0. The number of aromatic nitrogens is 2. The molecule has 1 aromatic heterocycles. The van der Waals surface area contributed by atoms with E-state index in [4.69, 9.17) is 9.78 Å². The molecule has 1 saturated heterocycles. The highest BCUT2D eigenvalue weighted by Crippen LogP contribution is 2.63. The Bertz CT molecular complexity index is 522. The van der Waals surface area contributed by atoms with Gasteiger partial charge in [-0.1, -0.05) is 25.9 Å². The summed E-state index contributed by atoms with van der Waals surface area (Å²) in [5.41, 5.74) is -0.0291. The number of hydrogen-bond acceptors (Lipinski definition) is 6. The van der Waals surface area contributed by atoms with Crippen LogP contribution in [0.25, 0.3) is 0 Å². The molecule has 0 bridgehead atoms. The van der Waals surface area contributed by atoms with Gasteiger partial charge in [-0.05, 0) is 5.41 Å². The second kappa shape index (κ2) is 4.71. The van der Waals surface area contributed by atoms with E-state index in [0.717, 1.165) is 11.6 Å². The van der Waals surface area contributed by atoms with E-state index in [1.54, 1.807) is 0 Å². The summed E-state index contributed by atoms with van der Waals surface area (Å²) in [6, 6.07) is 2.34. The van der Waals surface area contributed by atoms with Crippen LogP contribution in [0.5, 0.6) is 0 Å². The van der Waals surface area contributed by atoms with Crippen molar-refractivity contribution in [2.45, 2.75) is 37.2 Å². The Morgan fingerprint density at radius 2 is 2.11 bits per heavy atom. The molecular weight excluding hydrogens is 278 g/mol. The SMILES string of the molecule is CC1SCCSC1c1noc(C2C(C#N)C2(C)C)n1. The molecule has 0 aromatic carbocycles. The van der Waals surface area contributed by atoms with Gasteiger partial charge in [0.2, 0.25) is 5.89 Å². The van der Waals surface area contributed by atoms with Crippen LogP contribution >= 0.6 is 23.5 Å². The van der Waals surface area contributed by atoms with Crippen molar-refractivity contribution in [1.82, 2.24) is 10.1 Å². The van der Waals surface area contributed by atoms with Crippen LogP contribution < -0.4 is 0 Å². The molecule has 1 aliphatic heterocycles. The fourth-order valence-corrected chi connectivity index (χ4v) is 5.42. The normalized spacial score (nSPS) is 36.7. The summed E-state index contributed by atoms with van der Waals surface area (Å²) in [5, 5.41) is 14.1. The molecule has 0 radical (unpaired) electrons. The van der Waals surface area contributed by atoms with Crippen LogP contribution in [0.1, 0.15) is 43.7 Å². The molecule has 6 heteroatoms. The van der Waals surface area contributed by atoms with Crippen molar-refractivity contribution < 1.29 is 4.52 Å². The second-order valence-corrected chi connectivity index (χ2v) is 8.50. The summed E-state index contributed by atoms with van der Waals surface area (Å²) >= 11 is 3.87. The van der Waals surface area contributed by atoms with Crippen LogP contribution in [-0.4, -0.2) is 26.9 Å². The summed E-state index contributed by atoms with van der Waals surface area (Å²) in [5.74, 6) is 3.90. The van der Waals surface area contributed by atoms with Gasteiger partial charge in [0, 0.05) is 16.8 Å². The van der Waals surface area contributed by atoms with E-state index in [2.05, 4.69) is 37.0 Å². The summed E-state index contributed by atoms with van der Waals surface area (Å²) in [6.45, 7) is 6.39. The average molecular weight is 295 g/mol. The van der Waals surface area contributed by atoms with Crippen molar-refractivity contribution in [3.63, 3.8) is 0 Å². The van der Waals surface area contributed by atoms with E-state index in [1.807, 2.05) is 23.5 Å². The predicted molar refractivity (Wildman–Crippen MR) is 77.0 cm³/mol. The lowest BCUT2D eigenvalue weighted by Gasteiger charge is -2.24. The second-order valence-electron chi connectivity index (χ2n) is 5.76. The topological polar surface area (TPSA) is 62.7 Å². The third kappa shape index (κ3) is 2.17. The third-order valence-electron chi connectivity index (χ3n) is 4.13. The number of thioether (sulfide) groups is 2. The van der Waals surface area contributed by atoms with Crippen LogP contribution in [0.4, 0.5) is 0 Å². The molecule has 0 spiro atoms. The average Bonchev–Trinajstić information content (AvgIpc) is 2.75. The minimum Gasteiger partial charge on any atom is -0.339 e. The number of rotatable bonds is 2. The highest BCUT2D eigenvalue weighted by molar-refractivity contribution is 8.06. The standard InChI is InChI=1S/C13H17N3OS2/c1-7-10(19-5-4-18-7)11-15-12(17-16-11)9-8(6-14)13(9,2)3/h7-10H,4-5H2,1-3H3. The molecular formula is C13H17N3OS2.